The molecule has 2 aromatic rings. The molecule has 1 heterocycles. The first-order valence-electron chi connectivity index (χ1n) is 5.27. The second-order valence-corrected chi connectivity index (χ2v) is 3.79. The van der Waals surface area contributed by atoms with Crippen LogP contribution in [0.3, 0.4) is 0 Å². The van der Waals surface area contributed by atoms with Crippen molar-refractivity contribution in [3.05, 3.63) is 47.7 Å². The number of anilines is 1. The quantitative estimate of drug-likeness (QED) is 0.827. The van der Waals surface area contributed by atoms with Crippen LogP contribution in [0.25, 0.3) is 0 Å². The van der Waals surface area contributed by atoms with Crippen LogP contribution in [0.1, 0.15) is 15.9 Å². The van der Waals surface area contributed by atoms with Gasteiger partial charge in [-0.3, -0.25) is 9.48 Å². The van der Waals surface area contributed by atoms with Crippen LogP contribution >= 0.6 is 0 Å². The van der Waals surface area contributed by atoms with E-state index in [0.29, 0.717) is 12.1 Å². The van der Waals surface area contributed by atoms with Crippen LogP contribution in [0.4, 0.5) is 5.82 Å². The van der Waals surface area contributed by atoms with Gasteiger partial charge < -0.3 is 11.1 Å². The molecule has 0 bridgehead atoms. The fourth-order valence-electron chi connectivity index (χ4n) is 1.54. The first-order valence-corrected chi connectivity index (χ1v) is 5.27. The van der Waals surface area contributed by atoms with Gasteiger partial charge in [-0.25, -0.2) is 0 Å². The highest BCUT2D eigenvalue weighted by Gasteiger charge is 2.01. The zero-order valence-electron chi connectivity index (χ0n) is 9.55. The normalized spacial score (nSPS) is 10.2. The predicted octanol–water partition coefficient (Wildman–Crippen LogP) is 1.13. The van der Waals surface area contributed by atoms with Crippen molar-refractivity contribution in [1.29, 1.82) is 0 Å². The van der Waals surface area contributed by atoms with Crippen LogP contribution in [-0.4, -0.2) is 15.7 Å². The van der Waals surface area contributed by atoms with Gasteiger partial charge in [-0.05, 0) is 17.7 Å². The van der Waals surface area contributed by atoms with E-state index in [1.165, 1.54) is 0 Å². The van der Waals surface area contributed by atoms with Crippen molar-refractivity contribution < 1.29 is 4.79 Å². The maximum Gasteiger partial charge on any atom is 0.248 e. The molecule has 1 amide bonds. The van der Waals surface area contributed by atoms with Crippen LogP contribution in [-0.2, 0) is 13.6 Å². The summed E-state index contributed by atoms with van der Waals surface area (Å²) in [5.74, 6) is 0.390. The molecule has 0 aliphatic rings. The molecule has 0 aliphatic carbocycles. The summed E-state index contributed by atoms with van der Waals surface area (Å²) in [4.78, 5) is 11.0. The number of rotatable bonds is 4. The third-order valence-electron chi connectivity index (χ3n) is 2.40. The Bertz CT molecular complexity index is 533. The van der Waals surface area contributed by atoms with Crippen molar-refractivity contribution in [3.8, 4) is 0 Å². The summed E-state index contributed by atoms with van der Waals surface area (Å²) in [5.41, 5.74) is 6.73. The number of primary amides is 1. The Balaban J connectivity index is 2.04. The lowest BCUT2D eigenvalue weighted by atomic mass is 10.1. The third-order valence-corrected chi connectivity index (χ3v) is 2.40. The summed E-state index contributed by atoms with van der Waals surface area (Å²) < 4.78 is 1.72. The van der Waals surface area contributed by atoms with Crippen molar-refractivity contribution in [2.45, 2.75) is 6.54 Å². The number of carbonyl (C=O) groups excluding carboxylic acids is 1. The van der Waals surface area contributed by atoms with Gasteiger partial charge in [-0.2, -0.15) is 5.10 Å². The average Bonchev–Trinajstić information content (AvgIpc) is 2.73. The summed E-state index contributed by atoms with van der Waals surface area (Å²) in [5, 5.41) is 7.36. The molecule has 1 aromatic heterocycles. The monoisotopic (exact) mass is 230 g/mol. The minimum Gasteiger partial charge on any atom is -0.366 e. The first-order chi connectivity index (χ1) is 8.15. The van der Waals surface area contributed by atoms with Gasteiger partial charge in [0.15, 0.2) is 0 Å². The lowest BCUT2D eigenvalue weighted by Crippen LogP contribution is -2.11. The number of aromatic nitrogens is 2. The Hall–Kier alpha value is -2.30. The third kappa shape index (κ3) is 2.84. The fraction of sp³-hybridized carbons (Fsp3) is 0.167. The molecule has 0 spiro atoms. The predicted molar refractivity (Wildman–Crippen MR) is 65.5 cm³/mol. The highest BCUT2D eigenvalue weighted by molar-refractivity contribution is 5.92. The van der Waals surface area contributed by atoms with E-state index in [0.717, 1.165) is 11.4 Å². The Morgan fingerprint density at radius 2 is 2.29 bits per heavy atom. The largest absolute Gasteiger partial charge is 0.366 e. The molecule has 17 heavy (non-hydrogen) atoms. The Morgan fingerprint density at radius 3 is 2.94 bits per heavy atom. The summed E-state index contributed by atoms with van der Waals surface area (Å²) in [7, 11) is 1.86. The molecule has 0 aliphatic heterocycles. The minimum absolute atomic E-state index is 0.412. The smallest absolute Gasteiger partial charge is 0.248 e. The molecule has 0 saturated carbocycles. The molecular formula is C12H14N4O. The topological polar surface area (TPSA) is 72.9 Å². The van der Waals surface area contributed by atoms with Crippen LogP contribution in [0, 0.1) is 0 Å². The number of nitrogens with two attached hydrogens (primary N) is 1. The molecule has 0 atom stereocenters. The van der Waals surface area contributed by atoms with Gasteiger partial charge in [-0.1, -0.05) is 12.1 Å². The van der Waals surface area contributed by atoms with E-state index in [1.54, 1.807) is 16.8 Å². The maximum absolute atomic E-state index is 11.0. The molecule has 1 aromatic carbocycles. The maximum atomic E-state index is 11.0. The van der Waals surface area contributed by atoms with Crippen molar-refractivity contribution >= 4 is 11.7 Å². The van der Waals surface area contributed by atoms with E-state index in [9.17, 15) is 4.79 Å². The molecule has 0 saturated heterocycles. The van der Waals surface area contributed by atoms with E-state index in [2.05, 4.69) is 10.4 Å². The lowest BCUT2D eigenvalue weighted by Gasteiger charge is -2.04. The number of hydrogen-bond acceptors (Lipinski definition) is 3. The second kappa shape index (κ2) is 4.69. The number of aryl methyl sites for hydroxylation is 1. The fourth-order valence-corrected chi connectivity index (χ4v) is 1.54. The van der Waals surface area contributed by atoms with Crippen LogP contribution < -0.4 is 11.1 Å². The van der Waals surface area contributed by atoms with Crippen LogP contribution in [0.5, 0.6) is 0 Å². The van der Waals surface area contributed by atoms with Crippen molar-refractivity contribution in [1.82, 2.24) is 9.78 Å². The summed E-state index contributed by atoms with van der Waals surface area (Å²) >= 11 is 0. The lowest BCUT2D eigenvalue weighted by molar-refractivity contribution is 0.1000. The van der Waals surface area contributed by atoms with Gasteiger partial charge in [0, 0.05) is 31.4 Å². The van der Waals surface area contributed by atoms with Crippen molar-refractivity contribution in [2.24, 2.45) is 12.8 Å². The van der Waals surface area contributed by atoms with E-state index < -0.39 is 5.91 Å². The molecule has 2 rings (SSSR count). The Labute approximate surface area is 99.2 Å². The van der Waals surface area contributed by atoms with Gasteiger partial charge in [0.2, 0.25) is 5.91 Å². The highest BCUT2D eigenvalue weighted by Crippen LogP contribution is 2.08. The van der Waals surface area contributed by atoms with E-state index in [-0.39, 0.29) is 0 Å². The molecule has 0 unspecified atom stereocenters. The van der Waals surface area contributed by atoms with Gasteiger partial charge in [0.05, 0.1) is 0 Å². The second-order valence-electron chi connectivity index (χ2n) is 3.79. The zero-order valence-corrected chi connectivity index (χ0v) is 9.55. The van der Waals surface area contributed by atoms with Crippen molar-refractivity contribution in [2.75, 3.05) is 5.32 Å². The molecule has 5 heteroatoms. The Kier molecular flexibility index (Phi) is 3.09. The summed E-state index contributed by atoms with van der Waals surface area (Å²) in [6.07, 6.45) is 1.86. The van der Waals surface area contributed by atoms with Gasteiger partial charge >= 0.3 is 0 Å². The first kappa shape index (κ1) is 11.2. The summed E-state index contributed by atoms with van der Waals surface area (Å²) in [6.45, 7) is 0.609. The van der Waals surface area contributed by atoms with Gasteiger partial charge in [0.25, 0.3) is 0 Å². The SMILES string of the molecule is Cn1ccc(NCc2cccc(C(N)=O)c2)n1. The van der Waals surface area contributed by atoms with Crippen LogP contribution in [0.15, 0.2) is 36.5 Å². The molecule has 5 nitrogen and oxygen atoms in total. The molecule has 0 radical (unpaired) electrons. The van der Waals surface area contributed by atoms with Gasteiger partial charge in [0.1, 0.15) is 5.82 Å². The molecule has 88 valence electrons. The standard InChI is InChI=1S/C12H14N4O/c1-16-6-5-11(15-16)14-8-9-3-2-4-10(7-9)12(13)17/h2-7H,8H2,1H3,(H2,13,17)(H,14,15). The average molecular weight is 230 g/mol. The number of amides is 1. The number of hydrogen-bond donors (Lipinski definition) is 2. The Morgan fingerprint density at radius 1 is 1.47 bits per heavy atom. The van der Waals surface area contributed by atoms with Crippen LogP contribution in [0.2, 0.25) is 0 Å². The summed E-state index contributed by atoms with van der Waals surface area (Å²) in [6, 6.07) is 9.11. The van der Waals surface area contributed by atoms with Gasteiger partial charge in [-0.15, -0.1) is 0 Å². The number of nitrogens with zero attached hydrogens (tertiary/aromatic N) is 2. The van der Waals surface area contributed by atoms with E-state index >= 15 is 0 Å². The van der Waals surface area contributed by atoms with E-state index in [4.69, 9.17) is 5.73 Å². The molecule has 3 N–H and O–H groups in total. The molecular weight excluding hydrogens is 216 g/mol. The number of benzene rings is 1. The molecule has 0 fully saturated rings. The number of carbonyl (C=O) groups is 1. The minimum atomic E-state index is -0.412. The number of nitrogens with one attached hydrogen (secondary N) is 1. The van der Waals surface area contributed by atoms with E-state index in [1.807, 2.05) is 31.4 Å². The van der Waals surface area contributed by atoms with Crippen molar-refractivity contribution in [3.63, 3.8) is 0 Å². The zero-order chi connectivity index (χ0) is 12.3. The highest BCUT2D eigenvalue weighted by atomic mass is 16.1.